The third-order valence-corrected chi connectivity index (χ3v) is 6.58. The van der Waals surface area contributed by atoms with E-state index < -0.39 is 35.8 Å². The largest absolute Gasteiger partial charge is 0.441 e. The SMILES string of the molecule is C[C@@H](OC(=O)Nc1c(-c2ccc(NC(=O)C3[C@H]4CC(F)(F)C[C@@H]34)cn2)nnn1C)c1cc(F)cnc1F. The van der Waals surface area contributed by atoms with Crippen molar-refractivity contribution in [2.75, 3.05) is 10.6 Å². The summed E-state index contributed by atoms with van der Waals surface area (Å²) in [7, 11) is 1.51. The molecule has 0 aromatic carbocycles. The molecule has 4 atom stereocenters. The standard InChI is InChI=1S/C23H21F4N7O3/c1-10(13-5-11(24)8-29-19(13)25)37-22(36)31-20-18(32-33-34(20)2)16-4-3-12(9-28-16)30-21(35)17-14-6-23(26,27)7-15(14)17/h3-5,8-10,14-15,17H,6-7H2,1-2H3,(H,30,35)(H,31,36)/t10-,14-,15+,17?/m1/s1. The van der Waals surface area contributed by atoms with Gasteiger partial charge >= 0.3 is 6.09 Å². The molecule has 2 N–H and O–H groups in total. The first-order valence-corrected chi connectivity index (χ1v) is 11.4. The topological polar surface area (TPSA) is 124 Å². The third-order valence-electron chi connectivity index (χ3n) is 6.58. The fourth-order valence-corrected chi connectivity index (χ4v) is 4.74. The fourth-order valence-electron chi connectivity index (χ4n) is 4.74. The van der Waals surface area contributed by atoms with E-state index in [-0.39, 0.29) is 47.7 Å². The molecule has 1 unspecified atom stereocenters. The van der Waals surface area contributed by atoms with Crippen LogP contribution in [0, 0.1) is 29.5 Å². The number of nitrogens with one attached hydrogen (secondary N) is 2. The highest BCUT2D eigenvalue weighted by molar-refractivity contribution is 5.95. The number of carbonyl (C=O) groups excluding carboxylic acids is 2. The predicted octanol–water partition coefficient (Wildman–Crippen LogP) is 4.09. The number of fused-ring (bicyclic) bond motifs is 1. The zero-order valence-corrected chi connectivity index (χ0v) is 19.6. The highest BCUT2D eigenvalue weighted by Gasteiger charge is 2.65. The minimum absolute atomic E-state index is 0.117. The molecule has 2 aliphatic carbocycles. The van der Waals surface area contributed by atoms with Crippen LogP contribution >= 0.6 is 0 Å². The summed E-state index contributed by atoms with van der Waals surface area (Å²) in [6, 6.07) is 3.98. The Morgan fingerprint density at radius 3 is 2.54 bits per heavy atom. The van der Waals surface area contributed by atoms with Gasteiger partial charge in [0, 0.05) is 25.8 Å². The van der Waals surface area contributed by atoms with E-state index in [1.54, 1.807) is 6.07 Å². The Morgan fingerprint density at radius 2 is 1.86 bits per heavy atom. The van der Waals surface area contributed by atoms with Crippen LogP contribution in [-0.4, -0.2) is 42.9 Å². The summed E-state index contributed by atoms with van der Waals surface area (Å²) in [5, 5.41) is 13.0. The van der Waals surface area contributed by atoms with Crippen LogP contribution in [0.25, 0.3) is 11.4 Å². The van der Waals surface area contributed by atoms with Crippen LogP contribution in [0.15, 0.2) is 30.6 Å². The first-order chi connectivity index (χ1) is 17.5. The number of carbonyl (C=O) groups is 2. The van der Waals surface area contributed by atoms with Crippen LogP contribution in [-0.2, 0) is 16.6 Å². The second-order valence-electron chi connectivity index (χ2n) is 9.16. The van der Waals surface area contributed by atoms with Crippen molar-refractivity contribution in [3.8, 4) is 11.4 Å². The first-order valence-electron chi connectivity index (χ1n) is 11.4. The van der Waals surface area contributed by atoms with Gasteiger partial charge in [-0.3, -0.25) is 15.1 Å². The van der Waals surface area contributed by atoms with E-state index in [1.165, 1.54) is 30.9 Å². The quantitative estimate of drug-likeness (QED) is 0.371. The second kappa shape index (κ2) is 9.09. The lowest BCUT2D eigenvalue weighted by atomic mass is 10.1. The van der Waals surface area contributed by atoms with Gasteiger partial charge in [0.1, 0.15) is 11.9 Å². The van der Waals surface area contributed by atoms with Gasteiger partial charge in [0.2, 0.25) is 17.8 Å². The summed E-state index contributed by atoms with van der Waals surface area (Å²) in [4.78, 5) is 32.4. The minimum atomic E-state index is -2.69. The number of anilines is 2. The smallest absolute Gasteiger partial charge is 0.413 e. The molecule has 0 bridgehead atoms. The zero-order chi connectivity index (χ0) is 26.5. The number of pyridine rings is 2. The van der Waals surface area contributed by atoms with Gasteiger partial charge in [0.05, 0.1) is 29.3 Å². The lowest BCUT2D eigenvalue weighted by Crippen LogP contribution is -2.22. The molecule has 2 saturated carbocycles. The Morgan fingerprint density at radius 1 is 1.14 bits per heavy atom. The molecule has 3 aromatic rings. The number of nitrogens with zero attached hydrogens (tertiary/aromatic N) is 5. The summed E-state index contributed by atoms with van der Waals surface area (Å²) in [6.45, 7) is 1.36. The zero-order valence-electron chi connectivity index (χ0n) is 19.6. The summed E-state index contributed by atoms with van der Waals surface area (Å²) in [5.74, 6) is -5.62. The van der Waals surface area contributed by atoms with Crippen LogP contribution in [0.4, 0.5) is 33.9 Å². The first kappa shape index (κ1) is 24.6. The van der Waals surface area contributed by atoms with Crippen LogP contribution in [0.1, 0.15) is 31.4 Å². The molecule has 2 amide bonds. The monoisotopic (exact) mass is 519 g/mol. The molecule has 3 aromatic heterocycles. The summed E-state index contributed by atoms with van der Waals surface area (Å²) in [6.07, 6.45) is -0.562. The van der Waals surface area contributed by atoms with Gasteiger partial charge in [-0.05, 0) is 37.0 Å². The van der Waals surface area contributed by atoms with Gasteiger partial charge in [0.15, 0.2) is 11.5 Å². The molecule has 37 heavy (non-hydrogen) atoms. The molecule has 5 rings (SSSR count). The van der Waals surface area contributed by atoms with E-state index >= 15 is 0 Å². The Hall–Kier alpha value is -4.10. The molecule has 0 radical (unpaired) electrons. The van der Waals surface area contributed by atoms with Gasteiger partial charge in [-0.25, -0.2) is 27.6 Å². The molecular weight excluding hydrogens is 498 g/mol. The lowest BCUT2D eigenvalue weighted by molar-refractivity contribution is -0.118. The number of hydrogen-bond donors (Lipinski definition) is 2. The number of amides is 2. The highest BCUT2D eigenvalue weighted by atomic mass is 19.3. The molecule has 0 saturated heterocycles. The maximum Gasteiger partial charge on any atom is 0.413 e. The number of aromatic nitrogens is 5. The van der Waals surface area contributed by atoms with Gasteiger partial charge in [-0.1, -0.05) is 5.21 Å². The molecule has 2 aliphatic rings. The van der Waals surface area contributed by atoms with Gasteiger partial charge in [-0.2, -0.15) is 4.39 Å². The molecule has 3 heterocycles. The number of halogens is 4. The third kappa shape index (κ3) is 4.95. The fraction of sp³-hybridized carbons (Fsp3) is 0.391. The molecular formula is C23H21F4N7O3. The molecule has 14 heteroatoms. The van der Waals surface area contributed by atoms with Crippen molar-refractivity contribution in [2.24, 2.45) is 24.8 Å². The normalized spacial score (nSPS) is 22.2. The average molecular weight is 519 g/mol. The van der Waals surface area contributed by atoms with E-state index in [1.807, 2.05) is 0 Å². The van der Waals surface area contributed by atoms with Crippen molar-refractivity contribution in [3.05, 3.63) is 47.9 Å². The Balaban J connectivity index is 1.22. The molecule has 194 valence electrons. The van der Waals surface area contributed by atoms with Crippen LogP contribution < -0.4 is 10.6 Å². The number of aryl methyl sites for hydroxylation is 1. The average Bonchev–Trinajstić information content (AvgIpc) is 3.17. The molecule has 0 aliphatic heterocycles. The van der Waals surface area contributed by atoms with Crippen molar-refractivity contribution < 1.29 is 31.9 Å². The predicted molar refractivity (Wildman–Crippen MR) is 120 cm³/mol. The second-order valence-corrected chi connectivity index (χ2v) is 9.16. The van der Waals surface area contributed by atoms with Crippen LogP contribution in [0.3, 0.4) is 0 Å². The van der Waals surface area contributed by atoms with E-state index in [4.69, 9.17) is 4.74 Å². The molecule has 2 fully saturated rings. The number of hydrogen-bond acceptors (Lipinski definition) is 7. The number of alkyl halides is 2. The molecule has 0 spiro atoms. The van der Waals surface area contributed by atoms with Crippen molar-refractivity contribution in [1.82, 2.24) is 25.0 Å². The van der Waals surface area contributed by atoms with Crippen molar-refractivity contribution >= 4 is 23.5 Å². The highest BCUT2D eigenvalue weighted by Crippen LogP contribution is 2.62. The van der Waals surface area contributed by atoms with E-state index in [0.717, 1.165) is 6.07 Å². The van der Waals surface area contributed by atoms with Crippen molar-refractivity contribution in [1.29, 1.82) is 0 Å². The maximum atomic E-state index is 13.9. The van der Waals surface area contributed by atoms with E-state index in [2.05, 4.69) is 30.9 Å². The Bertz CT molecular complexity index is 1350. The summed E-state index contributed by atoms with van der Waals surface area (Å²) >= 11 is 0. The van der Waals surface area contributed by atoms with Gasteiger partial charge in [0.25, 0.3) is 0 Å². The summed E-state index contributed by atoms with van der Waals surface area (Å²) < 4.78 is 60.4. The van der Waals surface area contributed by atoms with Crippen LogP contribution in [0.2, 0.25) is 0 Å². The van der Waals surface area contributed by atoms with Crippen molar-refractivity contribution in [2.45, 2.75) is 31.8 Å². The van der Waals surface area contributed by atoms with E-state index in [0.29, 0.717) is 17.6 Å². The number of rotatable bonds is 6. The Kier molecular flexibility index (Phi) is 6.04. The lowest BCUT2D eigenvalue weighted by Gasteiger charge is -2.15. The van der Waals surface area contributed by atoms with Gasteiger partial charge < -0.3 is 10.1 Å². The summed E-state index contributed by atoms with van der Waals surface area (Å²) in [5.41, 5.74) is 0.629. The maximum absolute atomic E-state index is 13.9. The van der Waals surface area contributed by atoms with Crippen molar-refractivity contribution in [3.63, 3.8) is 0 Å². The number of ether oxygens (including phenoxy) is 1. The van der Waals surface area contributed by atoms with Gasteiger partial charge in [-0.15, -0.1) is 5.10 Å². The van der Waals surface area contributed by atoms with E-state index in [9.17, 15) is 27.2 Å². The Labute approximate surface area is 207 Å². The van der Waals surface area contributed by atoms with Crippen LogP contribution in [0.5, 0.6) is 0 Å². The molecule has 10 nitrogen and oxygen atoms in total. The minimum Gasteiger partial charge on any atom is -0.441 e.